The lowest BCUT2D eigenvalue weighted by atomic mass is 10.2. The van der Waals surface area contributed by atoms with Crippen molar-refractivity contribution in [2.75, 3.05) is 10.6 Å². The van der Waals surface area contributed by atoms with E-state index in [0.29, 0.717) is 11.4 Å². The third-order valence-electron chi connectivity index (χ3n) is 3.80. The smallest absolute Gasteiger partial charge is 0.338 e. The number of nitrogens with one attached hydrogen (secondary N) is 2. The standard InChI is InChI=1S/C21H18N2O5/c1-14(19(24)22-16-8-3-2-4-9-16)28-21(26)15-7-5-10-17(13-15)23-20(25)18-11-6-12-27-18/h2-14H,1H3,(H,22,24)(H,23,25). The van der Waals surface area contributed by atoms with Gasteiger partial charge in [-0.15, -0.1) is 0 Å². The summed E-state index contributed by atoms with van der Waals surface area (Å²) in [6.07, 6.45) is 0.402. The molecule has 28 heavy (non-hydrogen) atoms. The Morgan fingerprint density at radius 2 is 1.64 bits per heavy atom. The van der Waals surface area contributed by atoms with Crippen LogP contribution in [0.1, 0.15) is 27.8 Å². The van der Waals surface area contributed by atoms with E-state index in [1.807, 2.05) is 6.07 Å². The van der Waals surface area contributed by atoms with Crippen molar-refractivity contribution >= 4 is 29.2 Å². The fourth-order valence-corrected chi connectivity index (χ4v) is 2.37. The Hall–Kier alpha value is -3.87. The topological polar surface area (TPSA) is 97.6 Å². The van der Waals surface area contributed by atoms with Crippen LogP contribution in [-0.2, 0) is 9.53 Å². The number of carbonyl (C=O) groups is 3. The number of para-hydroxylation sites is 1. The highest BCUT2D eigenvalue weighted by Crippen LogP contribution is 2.15. The first kappa shape index (κ1) is 18.9. The molecule has 0 spiro atoms. The van der Waals surface area contributed by atoms with Gasteiger partial charge in [0.05, 0.1) is 11.8 Å². The van der Waals surface area contributed by atoms with E-state index < -0.39 is 23.9 Å². The molecule has 1 aromatic heterocycles. The fraction of sp³-hybridized carbons (Fsp3) is 0.0952. The normalized spacial score (nSPS) is 11.3. The van der Waals surface area contributed by atoms with Crippen LogP contribution in [0, 0.1) is 0 Å². The summed E-state index contributed by atoms with van der Waals surface area (Å²) in [5.41, 5.74) is 1.21. The lowest BCUT2D eigenvalue weighted by Gasteiger charge is -2.14. The van der Waals surface area contributed by atoms with Gasteiger partial charge in [-0.05, 0) is 49.4 Å². The quantitative estimate of drug-likeness (QED) is 0.637. The molecule has 0 radical (unpaired) electrons. The van der Waals surface area contributed by atoms with E-state index in [4.69, 9.17) is 9.15 Å². The monoisotopic (exact) mass is 378 g/mol. The SMILES string of the molecule is CC(OC(=O)c1cccc(NC(=O)c2ccco2)c1)C(=O)Nc1ccccc1. The molecular weight excluding hydrogens is 360 g/mol. The molecule has 1 heterocycles. The zero-order chi connectivity index (χ0) is 19.9. The molecular formula is C21H18N2O5. The second-order valence-electron chi connectivity index (χ2n) is 5.92. The highest BCUT2D eigenvalue weighted by molar-refractivity contribution is 6.03. The van der Waals surface area contributed by atoms with Crippen molar-refractivity contribution < 1.29 is 23.5 Å². The van der Waals surface area contributed by atoms with Gasteiger partial charge >= 0.3 is 5.97 Å². The molecule has 0 fully saturated rings. The number of esters is 1. The number of anilines is 2. The van der Waals surface area contributed by atoms with E-state index in [2.05, 4.69) is 10.6 Å². The van der Waals surface area contributed by atoms with Gasteiger partial charge in [0.25, 0.3) is 11.8 Å². The Bertz CT molecular complexity index is 967. The molecule has 0 saturated heterocycles. The maximum absolute atomic E-state index is 12.3. The summed E-state index contributed by atoms with van der Waals surface area (Å²) in [5, 5.41) is 5.30. The van der Waals surface area contributed by atoms with Crippen LogP contribution >= 0.6 is 0 Å². The summed E-state index contributed by atoms with van der Waals surface area (Å²) in [6.45, 7) is 1.48. The molecule has 2 amide bonds. The predicted octanol–water partition coefficient (Wildman–Crippen LogP) is 3.72. The maximum Gasteiger partial charge on any atom is 0.338 e. The highest BCUT2D eigenvalue weighted by atomic mass is 16.5. The summed E-state index contributed by atoms with van der Waals surface area (Å²) < 4.78 is 10.2. The molecule has 0 aliphatic rings. The first-order chi connectivity index (χ1) is 13.5. The van der Waals surface area contributed by atoms with Crippen LogP contribution in [0.2, 0.25) is 0 Å². The molecule has 7 heteroatoms. The Kier molecular flexibility index (Phi) is 5.86. The van der Waals surface area contributed by atoms with E-state index in [-0.39, 0.29) is 11.3 Å². The van der Waals surface area contributed by atoms with Crippen molar-refractivity contribution in [1.29, 1.82) is 0 Å². The molecule has 0 aliphatic carbocycles. The van der Waals surface area contributed by atoms with Gasteiger partial charge in [-0.1, -0.05) is 24.3 Å². The Morgan fingerprint density at radius 3 is 2.36 bits per heavy atom. The minimum absolute atomic E-state index is 0.152. The number of furan rings is 1. The molecule has 0 aliphatic heterocycles. The molecule has 0 saturated carbocycles. The lowest BCUT2D eigenvalue weighted by Crippen LogP contribution is -2.30. The predicted molar refractivity (Wildman–Crippen MR) is 103 cm³/mol. The van der Waals surface area contributed by atoms with Crippen LogP contribution in [0.15, 0.2) is 77.4 Å². The van der Waals surface area contributed by atoms with E-state index in [1.165, 1.54) is 31.4 Å². The van der Waals surface area contributed by atoms with Crippen LogP contribution in [0.25, 0.3) is 0 Å². The lowest BCUT2D eigenvalue weighted by molar-refractivity contribution is -0.123. The molecule has 2 N–H and O–H groups in total. The van der Waals surface area contributed by atoms with Crippen molar-refractivity contribution in [3.63, 3.8) is 0 Å². The number of benzene rings is 2. The zero-order valence-electron chi connectivity index (χ0n) is 15.0. The third-order valence-corrected chi connectivity index (χ3v) is 3.80. The van der Waals surface area contributed by atoms with Gasteiger partial charge in [-0.25, -0.2) is 4.79 Å². The molecule has 3 aromatic rings. The van der Waals surface area contributed by atoms with Gasteiger partial charge in [0.1, 0.15) is 0 Å². The van der Waals surface area contributed by atoms with Crippen LogP contribution in [-0.4, -0.2) is 23.9 Å². The maximum atomic E-state index is 12.3. The van der Waals surface area contributed by atoms with Crippen molar-refractivity contribution in [2.45, 2.75) is 13.0 Å². The van der Waals surface area contributed by atoms with Crippen molar-refractivity contribution in [3.8, 4) is 0 Å². The van der Waals surface area contributed by atoms with Gasteiger partial charge in [0.2, 0.25) is 0 Å². The largest absolute Gasteiger partial charge is 0.459 e. The number of hydrogen-bond donors (Lipinski definition) is 2. The second kappa shape index (κ2) is 8.68. The summed E-state index contributed by atoms with van der Waals surface area (Å²) in [5.74, 6) is -1.41. The van der Waals surface area contributed by atoms with Crippen LogP contribution in [0.5, 0.6) is 0 Å². The van der Waals surface area contributed by atoms with E-state index >= 15 is 0 Å². The van der Waals surface area contributed by atoms with Gasteiger partial charge < -0.3 is 19.8 Å². The highest BCUT2D eigenvalue weighted by Gasteiger charge is 2.19. The van der Waals surface area contributed by atoms with E-state index in [1.54, 1.807) is 42.5 Å². The average molecular weight is 378 g/mol. The molecule has 0 bridgehead atoms. The van der Waals surface area contributed by atoms with Gasteiger partial charge in [-0.2, -0.15) is 0 Å². The van der Waals surface area contributed by atoms with Crippen molar-refractivity contribution in [1.82, 2.24) is 0 Å². The Labute approximate surface area is 161 Å². The first-order valence-corrected chi connectivity index (χ1v) is 8.55. The van der Waals surface area contributed by atoms with E-state index in [0.717, 1.165) is 0 Å². The zero-order valence-corrected chi connectivity index (χ0v) is 15.0. The first-order valence-electron chi connectivity index (χ1n) is 8.55. The minimum atomic E-state index is -0.992. The summed E-state index contributed by atoms with van der Waals surface area (Å²) in [6, 6.07) is 18.2. The van der Waals surface area contributed by atoms with Gasteiger partial charge in [-0.3, -0.25) is 9.59 Å². The third kappa shape index (κ3) is 4.85. The summed E-state index contributed by atoms with van der Waals surface area (Å²) in [4.78, 5) is 36.5. The molecule has 142 valence electrons. The molecule has 7 nitrogen and oxygen atoms in total. The van der Waals surface area contributed by atoms with Crippen molar-refractivity contribution in [3.05, 3.63) is 84.3 Å². The minimum Gasteiger partial charge on any atom is -0.459 e. The number of ether oxygens (including phenoxy) is 1. The molecule has 1 unspecified atom stereocenters. The fourth-order valence-electron chi connectivity index (χ4n) is 2.37. The summed E-state index contributed by atoms with van der Waals surface area (Å²) in [7, 11) is 0. The number of hydrogen-bond acceptors (Lipinski definition) is 5. The molecule has 1 atom stereocenters. The summed E-state index contributed by atoms with van der Waals surface area (Å²) >= 11 is 0. The second-order valence-corrected chi connectivity index (χ2v) is 5.92. The van der Waals surface area contributed by atoms with Crippen LogP contribution in [0.4, 0.5) is 11.4 Å². The van der Waals surface area contributed by atoms with E-state index in [9.17, 15) is 14.4 Å². The number of amides is 2. The average Bonchev–Trinajstić information content (AvgIpc) is 3.24. The van der Waals surface area contributed by atoms with Crippen LogP contribution in [0.3, 0.4) is 0 Å². The van der Waals surface area contributed by atoms with Crippen molar-refractivity contribution in [2.24, 2.45) is 0 Å². The Balaban J connectivity index is 1.60. The number of rotatable bonds is 6. The van der Waals surface area contributed by atoms with Gasteiger partial charge in [0.15, 0.2) is 11.9 Å². The number of carbonyl (C=O) groups excluding carboxylic acids is 3. The van der Waals surface area contributed by atoms with Crippen LogP contribution < -0.4 is 10.6 Å². The Morgan fingerprint density at radius 1 is 0.893 bits per heavy atom. The molecule has 3 rings (SSSR count). The van der Waals surface area contributed by atoms with Gasteiger partial charge in [0, 0.05) is 11.4 Å². The molecule has 2 aromatic carbocycles.